The second-order valence-corrected chi connectivity index (χ2v) is 10.7. The fourth-order valence-electron chi connectivity index (χ4n) is 4.51. The van der Waals surface area contributed by atoms with E-state index in [1.54, 1.807) is 41.0 Å². The Balaban J connectivity index is 1.63. The fraction of sp³-hybridized carbons (Fsp3) is 0.385. The Hall–Kier alpha value is -3.17. The van der Waals surface area contributed by atoms with Crippen LogP contribution in [0.4, 0.5) is 5.69 Å². The summed E-state index contributed by atoms with van der Waals surface area (Å²) in [6.45, 7) is 6.46. The Morgan fingerprint density at radius 1 is 1.03 bits per heavy atom. The Kier molecular flexibility index (Phi) is 7.57. The largest absolute Gasteiger partial charge is 0.371 e. The van der Waals surface area contributed by atoms with Crippen LogP contribution in [0, 0.1) is 0 Å². The van der Waals surface area contributed by atoms with Crippen LogP contribution in [0.2, 0.25) is 0 Å². The van der Waals surface area contributed by atoms with Gasteiger partial charge in [0.15, 0.2) is 0 Å². The van der Waals surface area contributed by atoms with Crippen LogP contribution in [0.25, 0.3) is 5.69 Å². The highest BCUT2D eigenvalue weighted by atomic mass is 32.2. The van der Waals surface area contributed by atoms with Crippen molar-refractivity contribution in [2.24, 2.45) is 0 Å². The maximum Gasteiger partial charge on any atom is 0.256 e. The zero-order valence-corrected chi connectivity index (χ0v) is 21.4. The summed E-state index contributed by atoms with van der Waals surface area (Å²) in [6.07, 6.45) is 5.77. The number of carbonyl (C=O) groups is 1. The first-order valence-corrected chi connectivity index (χ1v) is 13.5. The zero-order valence-electron chi connectivity index (χ0n) is 20.6. The average Bonchev–Trinajstić information content (AvgIpc) is 3.57. The van der Waals surface area contributed by atoms with Gasteiger partial charge in [0.25, 0.3) is 5.91 Å². The highest BCUT2D eigenvalue weighted by Crippen LogP contribution is 2.29. The minimum absolute atomic E-state index is 0.151. The Morgan fingerprint density at radius 2 is 1.71 bits per heavy atom. The molecular weight excluding hydrogens is 462 g/mol. The van der Waals surface area contributed by atoms with E-state index in [0.29, 0.717) is 25.2 Å². The van der Waals surface area contributed by atoms with Gasteiger partial charge >= 0.3 is 0 Å². The summed E-state index contributed by atoms with van der Waals surface area (Å²) in [7, 11) is -1.94. The van der Waals surface area contributed by atoms with Crippen molar-refractivity contribution in [3.63, 3.8) is 0 Å². The number of anilines is 1. The summed E-state index contributed by atoms with van der Waals surface area (Å²) >= 11 is 0. The topological polar surface area (TPSA) is 78.8 Å². The van der Waals surface area contributed by atoms with Crippen LogP contribution in [-0.4, -0.2) is 66.5 Å². The summed E-state index contributed by atoms with van der Waals surface area (Å²) in [6, 6.07) is 14.8. The van der Waals surface area contributed by atoms with Crippen LogP contribution in [-0.2, 0) is 16.6 Å². The molecule has 2 heterocycles. The second-order valence-electron chi connectivity index (χ2n) is 8.75. The molecule has 0 unspecified atom stereocenters. The van der Waals surface area contributed by atoms with Gasteiger partial charge in [-0.1, -0.05) is 32.0 Å². The van der Waals surface area contributed by atoms with Gasteiger partial charge in [-0.05, 0) is 43.2 Å². The molecule has 1 fully saturated rings. The summed E-state index contributed by atoms with van der Waals surface area (Å²) in [5.41, 5.74) is 3.04. The lowest BCUT2D eigenvalue weighted by molar-refractivity contribution is 0.0785. The molecule has 1 amide bonds. The summed E-state index contributed by atoms with van der Waals surface area (Å²) in [4.78, 5) is 17.6. The quantitative estimate of drug-likeness (QED) is 0.452. The minimum Gasteiger partial charge on any atom is -0.371 e. The van der Waals surface area contributed by atoms with Crippen molar-refractivity contribution < 1.29 is 13.2 Å². The number of nitrogens with zero attached hydrogens (tertiary/aromatic N) is 5. The van der Waals surface area contributed by atoms with Crippen LogP contribution in [0.5, 0.6) is 0 Å². The van der Waals surface area contributed by atoms with Crippen molar-refractivity contribution in [3.8, 4) is 5.69 Å². The van der Waals surface area contributed by atoms with Gasteiger partial charge in [-0.2, -0.15) is 9.40 Å². The number of carbonyl (C=O) groups excluding carboxylic acids is 1. The molecule has 186 valence electrons. The van der Waals surface area contributed by atoms with Gasteiger partial charge in [-0.3, -0.25) is 4.79 Å². The molecule has 0 atom stereocenters. The van der Waals surface area contributed by atoms with E-state index in [4.69, 9.17) is 0 Å². The van der Waals surface area contributed by atoms with Gasteiger partial charge in [-0.25, -0.2) is 13.1 Å². The highest BCUT2D eigenvalue weighted by molar-refractivity contribution is 7.89. The molecule has 0 N–H and O–H groups in total. The third-order valence-corrected chi connectivity index (χ3v) is 8.46. The molecule has 9 heteroatoms. The maximum absolute atomic E-state index is 13.7. The molecule has 1 aliphatic rings. The normalized spacial score (nSPS) is 14.0. The lowest BCUT2D eigenvalue weighted by Gasteiger charge is -2.25. The van der Waals surface area contributed by atoms with Gasteiger partial charge in [0.2, 0.25) is 10.0 Å². The van der Waals surface area contributed by atoms with Crippen LogP contribution < -0.4 is 4.90 Å². The number of aromatic nitrogens is 2. The smallest absolute Gasteiger partial charge is 0.256 e. The molecule has 0 aliphatic carbocycles. The van der Waals surface area contributed by atoms with Crippen molar-refractivity contribution in [3.05, 3.63) is 72.1 Å². The Morgan fingerprint density at radius 3 is 2.37 bits per heavy atom. The van der Waals surface area contributed by atoms with Crippen molar-refractivity contribution in [2.75, 3.05) is 38.1 Å². The first-order chi connectivity index (χ1) is 16.8. The number of para-hydroxylation sites is 1. The molecule has 35 heavy (non-hydrogen) atoms. The van der Waals surface area contributed by atoms with Crippen molar-refractivity contribution >= 4 is 21.6 Å². The van der Waals surface area contributed by atoms with Crippen LogP contribution >= 0.6 is 0 Å². The van der Waals surface area contributed by atoms with Crippen molar-refractivity contribution in [2.45, 2.75) is 38.1 Å². The molecule has 1 saturated heterocycles. The number of hydrogen-bond acceptors (Lipinski definition) is 5. The average molecular weight is 496 g/mol. The number of sulfonamides is 1. The molecular formula is C26H33N5O3S. The third-order valence-electron chi connectivity index (χ3n) is 6.41. The second kappa shape index (κ2) is 10.6. The SMILES string of the molecule is CCN(CC)S(=O)(=O)c1ccc(N2CCCC2)c(C(=O)N(C)Cc2cnn(-c3ccccc3)c2)c1. The zero-order chi connectivity index (χ0) is 25.0. The third kappa shape index (κ3) is 5.26. The lowest BCUT2D eigenvalue weighted by Crippen LogP contribution is -2.32. The van der Waals surface area contributed by atoms with E-state index < -0.39 is 10.0 Å². The number of benzene rings is 2. The summed E-state index contributed by atoms with van der Waals surface area (Å²) in [5, 5.41) is 4.42. The van der Waals surface area contributed by atoms with E-state index in [9.17, 15) is 13.2 Å². The molecule has 2 aromatic carbocycles. The first-order valence-electron chi connectivity index (χ1n) is 12.1. The van der Waals surface area contributed by atoms with Crippen LogP contribution in [0.15, 0.2) is 65.8 Å². The minimum atomic E-state index is -3.68. The molecule has 0 saturated carbocycles. The molecule has 0 spiro atoms. The Bertz CT molecular complexity index is 1260. The number of rotatable bonds is 9. The fourth-order valence-corrected chi connectivity index (χ4v) is 5.99. The van der Waals surface area contributed by atoms with Gasteiger partial charge < -0.3 is 9.80 Å². The van der Waals surface area contributed by atoms with Gasteiger partial charge in [0, 0.05) is 57.2 Å². The van der Waals surface area contributed by atoms with Crippen LogP contribution in [0.1, 0.15) is 42.6 Å². The van der Waals surface area contributed by atoms with Gasteiger partial charge in [0.05, 0.1) is 22.3 Å². The van der Waals surface area contributed by atoms with Crippen LogP contribution in [0.3, 0.4) is 0 Å². The summed E-state index contributed by atoms with van der Waals surface area (Å²) in [5.74, 6) is -0.212. The highest BCUT2D eigenvalue weighted by Gasteiger charge is 2.27. The molecule has 0 bridgehead atoms. The number of hydrogen-bond donors (Lipinski definition) is 0. The Labute approximate surface area is 207 Å². The van der Waals surface area contributed by atoms with E-state index >= 15 is 0 Å². The molecule has 4 rings (SSSR count). The first kappa shape index (κ1) is 24.9. The molecule has 1 aliphatic heterocycles. The maximum atomic E-state index is 13.7. The van der Waals surface area contributed by atoms with E-state index in [-0.39, 0.29) is 10.8 Å². The van der Waals surface area contributed by atoms with E-state index in [1.807, 2.05) is 50.4 Å². The van der Waals surface area contributed by atoms with E-state index in [1.165, 1.54) is 4.31 Å². The molecule has 8 nitrogen and oxygen atoms in total. The van der Waals surface area contributed by atoms with E-state index in [2.05, 4.69) is 10.00 Å². The predicted octanol–water partition coefficient (Wildman–Crippen LogP) is 3.78. The van der Waals surface area contributed by atoms with Gasteiger partial charge in [-0.15, -0.1) is 0 Å². The predicted molar refractivity (Wildman–Crippen MR) is 137 cm³/mol. The number of amides is 1. The molecule has 3 aromatic rings. The summed E-state index contributed by atoms with van der Waals surface area (Å²) < 4.78 is 29.5. The monoisotopic (exact) mass is 495 g/mol. The van der Waals surface area contributed by atoms with Gasteiger partial charge in [0.1, 0.15) is 0 Å². The van der Waals surface area contributed by atoms with Crippen molar-refractivity contribution in [1.82, 2.24) is 19.0 Å². The van der Waals surface area contributed by atoms with Crippen molar-refractivity contribution in [1.29, 1.82) is 0 Å². The van der Waals surface area contributed by atoms with E-state index in [0.717, 1.165) is 42.9 Å². The molecule has 1 aromatic heterocycles. The lowest BCUT2D eigenvalue weighted by atomic mass is 10.1. The standard InChI is InChI=1S/C26H33N5O3S/c1-4-30(5-2)35(33,34)23-13-14-25(29-15-9-10-16-29)24(17-23)26(32)28(3)19-21-18-27-31(20-21)22-11-7-6-8-12-22/h6-8,11-14,17-18,20H,4-5,9-10,15-16,19H2,1-3H3. The molecule has 0 radical (unpaired) electrons.